The monoisotopic (exact) mass is 199 g/mol. The maximum atomic E-state index is 10.8. The minimum absolute atomic E-state index is 0.117. The maximum absolute atomic E-state index is 10.8. The lowest BCUT2D eigenvalue weighted by Crippen LogP contribution is -2.40. The van der Waals surface area contributed by atoms with Gasteiger partial charge in [0.05, 0.1) is 0 Å². The summed E-state index contributed by atoms with van der Waals surface area (Å²) in [6.07, 6.45) is 5.84. The Balaban J connectivity index is 2.50. The van der Waals surface area contributed by atoms with Crippen LogP contribution in [0.4, 0.5) is 0 Å². The summed E-state index contributed by atoms with van der Waals surface area (Å²) in [4.78, 5) is 10.8. The van der Waals surface area contributed by atoms with Crippen LogP contribution in [0, 0.1) is 11.3 Å². The molecule has 0 amide bonds. The molecule has 3 N–H and O–H groups in total. The summed E-state index contributed by atoms with van der Waals surface area (Å²) < 4.78 is 0. The van der Waals surface area contributed by atoms with Gasteiger partial charge in [-0.1, -0.05) is 26.7 Å². The molecule has 0 aromatic carbocycles. The van der Waals surface area contributed by atoms with E-state index in [1.807, 2.05) is 6.92 Å². The molecule has 0 aliphatic heterocycles. The zero-order chi connectivity index (χ0) is 10.8. The highest BCUT2D eigenvalue weighted by Crippen LogP contribution is 2.56. The lowest BCUT2D eigenvalue weighted by molar-refractivity contribution is -0.140. The van der Waals surface area contributed by atoms with Crippen molar-refractivity contribution in [2.45, 2.75) is 52.0 Å². The topological polar surface area (TPSA) is 63.3 Å². The summed E-state index contributed by atoms with van der Waals surface area (Å²) in [6, 6.07) is -0.686. The smallest absolute Gasteiger partial charge is 0.320 e. The van der Waals surface area contributed by atoms with E-state index < -0.39 is 12.0 Å². The Morgan fingerprint density at radius 2 is 2.14 bits per heavy atom. The quantitative estimate of drug-likeness (QED) is 0.687. The molecule has 2 unspecified atom stereocenters. The van der Waals surface area contributed by atoms with Crippen LogP contribution in [0.2, 0.25) is 0 Å². The molecule has 1 aliphatic rings. The molecule has 0 saturated heterocycles. The summed E-state index contributed by atoms with van der Waals surface area (Å²) >= 11 is 0. The third-order valence-corrected chi connectivity index (χ3v) is 3.71. The van der Waals surface area contributed by atoms with Crippen molar-refractivity contribution in [1.82, 2.24) is 0 Å². The van der Waals surface area contributed by atoms with Gasteiger partial charge in [0.15, 0.2) is 0 Å². The molecule has 0 aromatic rings. The van der Waals surface area contributed by atoms with E-state index in [9.17, 15) is 4.79 Å². The molecule has 1 fully saturated rings. The van der Waals surface area contributed by atoms with Gasteiger partial charge in [-0.15, -0.1) is 0 Å². The summed E-state index contributed by atoms with van der Waals surface area (Å²) in [7, 11) is 0. The van der Waals surface area contributed by atoms with Crippen molar-refractivity contribution in [3.63, 3.8) is 0 Å². The SMILES string of the molecule is CCCCC1(C(C)C(N)C(=O)O)CC1. The fourth-order valence-electron chi connectivity index (χ4n) is 2.22. The van der Waals surface area contributed by atoms with Crippen LogP contribution in [0.5, 0.6) is 0 Å². The number of unbranched alkanes of at least 4 members (excludes halogenated alkanes) is 1. The van der Waals surface area contributed by atoms with Crippen LogP contribution in [0.15, 0.2) is 0 Å². The van der Waals surface area contributed by atoms with Crippen LogP contribution < -0.4 is 5.73 Å². The van der Waals surface area contributed by atoms with Gasteiger partial charge in [0, 0.05) is 0 Å². The van der Waals surface area contributed by atoms with Gasteiger partial charge in [0.2, 0.25) is 0 Å². The zero-order valence-corrected chi connectivity index (χ0v) is 9.12. The molecule has 14 heavy (non-hydrogen) atoms. The highest BCUT2D eigenvalue weighted by Gasteiger charge is 2.49. The van der Waals surface area contributed by atoms with Gasteiger partial charge in [0.1, 0.15) is 6.04 Å². The van der Waals surface area contributed by atoms with Crippen molar-refractivity contribution < 1.29 is 9.90 Å². The van der Waals surface area contributed by atoms with E-state index in [0.717, 1.165) is 19.3 Å². The maximum Gasteiger partial charge on any atom is 0.320 e. The fraction of sp³-hybridized carbons (Fsp3) is 0.909. The number of rotatable bonds is 6. The third kappa shape index (κ3) is 2.27. The molecule has 82 valence electrons. The molecule has 0 aromatic heterocycles. The van der Waals surface area contributed by atoms with Crippen molar-refractivity contribution in [2.75, 3.05) is 0 Å². The van der Waals surface area contributed by atoms with Gasteiger partial charge >= 0.3 is 5.97 Å². The van der Waals surface area contributed by atoms with Crippen molar-refractivity contribution >= 4 is 5.97 Å². The van der Waals surface area contributed by atoms with Crippen LogP contribution in [0.3, 0.4) is 0 Å². The van der Waals surface area contributed by atoms with Crippen LogP contribution in [0.25, 0.3) is 0 Å². The largest absolute Gasteiger partial charge is 0.480 e. The first-order valence-electron chi connectivity index (χ1n) is 5.52. The molecule has 0 heterocycles. The molecule has 3 heteroatoms. The van der Waals surface area contributed by atoms with Gasteiger partial charge in [0.25, 0.3) is 0 Å². The fourth-order valence-corrected chi connectivity index (χ4v) is 2.22. The lowest BCUT2D eigenvalue weighted by Gasteiger charge is -2.26. The van der Waals surface area contributed by atoms with E-state index in [1.54, 1.807) is 0 Å². The van der Waals surface area contributed by atoms with Crippen molar-refractivity contribution in [1.29, 1.82) is 0 Å². The number of carbonyl (C=O) groups is 1. The Morgan fingerprint density at radius 3 is 2.50 bits per heavy atom. The Bertz CT molecular complexity index is 211. The Hall–Kier alpha value is -0.570. The van der Waals surface area contributed by atoms with E-state index in [0.29, 0.717) is 0 Å². The van der Waals surface area contributed by atoms with Crippen molar-refractivity contribution in [3.8, 4) is 0 Å². The second kappa shape index (κ2) is 4.30. The van der Waals surface area contributed by atoms with E-state index >= 15 is 0 Å². The van der Waals surface area contributed by atoms with Crippen molar-refractivity contribution in [3.05, 3.63) is 0 Å². The molecule has 0 spiro atoms. The Morgan fingerprint density at radius 1 is 1.57 bits per heavy atom. The molecular weight excluding hydrogens is 178 g/mol. The van der Waals surface area contributed by atoms with E-state index in [4.69, 9.17) is 10.8 Å². The van der Waals surface area contributed by atoms with Gasteiger partial charge in [-0.25, -0.2) is 0 Å². The third-order valence-electron chi connectivity index (χ3n) is 3.71. The second-order valence-electron chi connectivity index (χ2n) is 4.62. The highest BCUT2D eigenvalue weighted by atomic mass is 16.4. The summed E-state index contributed by atoms with van der Waals surface area (Å²) in [6.45, 7) is 4.15. The van der Waals surface area contributed by atoms with E-state index in [2.05, 4.69) is 6.92 Å². The molecule has 1 rings (SSSR count). The van der Waals surface area contributed by atoms with Crippen LogP contribution in [-0.4, -0.2) is 17.1 Å². The Labute approximate surface area is 85.7 Å². The number of hydrogen-bond acceptors (Lipinski definition) is 2. The van der Waals surface area contributed by atoms with E-state index in [-0.39, 0.29) is 11.3 Å². The molecular formula is C11H21NO2. The predicted molar refractivity (Wildman–Crippen MR) is 56.0 cm³/mol. The normalized spacial score (nSPS) is 22.8. The minimum Gasteiger partial charge on any atom is -0.480 e. The molecule has 0 radical (unpaired) electrons. The summed E-state index contributed by atoms with van der Waals surface area (Å²) in [5, 5.41) is 8.84. The number of aliphatic carboxylic acids is 1. The number of carboxylic acid groups (broad SMARTS) is 1. The van der Waals surface area contributed by atoms with Crippen molar-refractivity contribution in [2.24, 2.45) is 17.1 Å². The predicted octanol–water partition coefficient (Wildman–Crippen LogP) is 2.00. The minimum atomic E-state index is -0.861. The van der Waals surface area contributed by atoms with Gasteiger partial charge < -0.3 is 10.8 Å². The van der Waals surface area contributed by atoms with Gasteiger partial charge in [-0.3, -0.25) is 4.79 Å². The zero-order valence-electron chi connectivity index (χ0n) is 9.12. The highest BCUT2D eigenvalue weighted by molar-refractivity contribution is 5.73. The summed E-state index contributed by atoms with van der Waals surface area (Å²) in [5.41, 5.74) is 5.92. The Kier molecular flexibility index (Phi) is 3.53. The molecule has 3 nitrogen and oxygen atoms in total. The first-order valence-corrected chi connectivity index (χ1v) is 5.52. The molecule has 1 aliphatic carbocycles. The summed E-state index contributed by atoms with van der Waals surface area (Å²) in [5.74, 6) is -0.744. The first-order chi connectivity index (χ1) is 6.53. The number of nitrogens with two attached hydrogens (primary N) is 1. The van der Waals surface area contributed by atoms with Crippen LogP contribution in [0.1, 0.15) is 46.0 Å². The molecule has 2 atom stereocenters. The van der Waals surface area contributed by atoms with Crippen LogP contribution >= 0.6 is 0 Å². The van der Waals surface area contributed by atoms with E-state index in [1.165, 1.54) is 12.8 Å². The average Bonchev–Trinajstić information content (AvgIpc) is 2.93. The molecule has 1 saturated carbocycles. The lowest BCUT2D eigenvalue weighted by atomic mass is 9.81. The van der Waals surface area contributed by atoms with Gasteiger partial charge in [-0.2, -0.15) is 0 Å². The van der Waals surface area contributed by atoms with Crippen LogP contribution in [-0.2, 0) is 4.79 Å². The molecule has 0 bridgehead atoms. The standard InChI is InChI=1S/C11H21NO2/c1-3-4-5-11(6-7-11)8(2)9(12)10(13)14/h8-9H,3-7,12H2,1-2H3,(H,13,14). The number of carboxylic acids is 1. The average molecular weight is 199 g/mol. The second-order valence-corrected chi connectivity index (χ2v) is 4.62. The van der Waals surface area contributed by atoms with Gasteiger partial charge in [-0.05, 0) is 30.6 Å². The number of hydrogen-bond donors (Lipinski definition) is 2. The first kappa shape index (κ1) is 11.5.